The average molecular weight is 347 g/mol. The topological polar surface area (TPSA) is 89.1 Å². The van der Waals surface area contributed by atoms with Gasteiger partial charge in [0.1, 0.15) is 17.4 Å². The number of benzene rings is 1. The Kier molecular flexibility index (Phi) is 4.90. The maximum atomic E-state index is 10.9. The first-order chi connectivity index (χ1) is 12.6. The first-order valence-electron chi connectivity index (χ1n) is 7.97. The molecule has 0 spiro atoms. The van der Waals surface area contributed by atoms with E-state index in [1.165, 1.54) is 12.1 Å². The molecule has 2 heterocycles. The second-order valence-electron chi connectivity index (χ2n) is 5.83. The van der Waals surface area contributed by atoms with Gasteiger partial charge in [-0.3, -0.25) is 0 Å². The van der Waals surface area contributed by atoms with Gasteiger partial charge in [-0.05, 0) is 23.3 Å². The van der Waals surface area contributed by atoms with E-state index in [2.05, 4.69) is 6.07 Å². The number of carboxylic acid groups (broad SMARTS) is 1. The van der Waals surface area contributed by atoms with Gasteiger partial charge in [0.15, 0.2) is 31.3 Å². The minimum atomic E-state index is -1.15. The molecule has 2 N–H and O–H groups in total. The van der Waals surface area contributed by atoms with Crippen molar-refractivity contribution < 1.29 is 24.1 Å². The largest absolute Gasteiger partial charge is 0.507 e. The predicted octanol–water partition coefficient (Wildman–Crippen LogP) is 1.90. The van der Waals surface area contributed by atoms with Crippen LogP contribution in [-0.2, 0) is 13.1 Å². The van der Waals surface area contributed by atoms with Crippen LogP contribution in [0.15, 0.2) is 67.3 Å². The molecule has 0 bridgehead atoms. The molecule has 6 nitrogen and oxygen atoms in total. The number of nitriles is 1. The van der Waals surface area contributed by atoms with E-state index < -0.39 is 5.97 Å². The van der Waals surface area contributed by atoms with Gasteiger partial charge in [0, 0.05) is 29.8 Å². The van der Waals surface area contributed by atoms with Crippen LogP contribution in [-0.4, -0.2) is 16.2 Å². The molecule has 0 atom stereocenters. The van der Waals surface area contributed by atoms with Gasteiger partial charge >= 0.3 is 5.97 Å². The first kappa shape index (κ1) is 17.1. The summed E-state index contributed by atoms with van der Waals surface area (Å²) in [6.07, 6.45) is 7.58. The highest BCUT2D eigenvalue weighted by Crippen LogP contribution is 2.19. The van der Waals surface area contributed by atoms with Gasteiger partial charge in [0.25, 0.3) is 0 Å². The van der Waals surface area contributed by atoms with Gasteiger partial charge in [-0.2, -0.15) is 9.83 Å². The fourth-order valence-electron chi connectivity index (χ4n) is 2.66. The highest BCUT2D eigenvalue weighted by molar-refractivity contribution is 5.90. The fourth-order valence-corrected chi connectivity index (χ4v) is 2.66. The van der Waals surface area contributed by atoms with Crippen molar-refractivity contribution in [2.75, 3.05) is 0 Å². The van der Waals surface area contributed by atoms with E-state index in [1.807, 2.05) is 53.6 Å². The van der Waals surface area contributed by atoms with Crippen LogP contribution in [0.3, 0.4) is 0 Å². The molecule has 26 heavy (non-hydrogen) atoms. The van der Waals surface area contributed by atoms with E-state index in [1.54, 1.807) is 10.6 Å². The Morgan fingerprint density at radius 3 is 2.04 bits per heavy atom. The molecule has 0 saturated carbocycles. The quantitative estimate of drug-likeness (QED) is 0.690. The predicted molar refractivity (Wildman–Crippen MR) is 92.0 cm³/mol. The monoisotopic (exact) mass is 347 g/mol. The zero-order valence-electron chi connectivity index (χ0n) is 13.9. The highest BCUT2D eigenvalue weighted by atomic mass is 16.4. The molecule has 0 radical (unpaired) electrons. The molecule has 0 aliphatic heterocycles. The summed E-state index contributed by atoms with van der Waals surface area (Å²) in [6, 6.07) is 14.5. The molecule has 0 unspecified atom stereocenters. The SMILES string of the molecule is N#CC[n+]1ccc(-c2cc[n+](Cc3ccc(C(=O)O)c(O)c3)cc2)cc1. The summed E-state index contributed by atoms with van der Waals surface area (Å²) in [5.74, 6) is -1.38. The highest BCUT2D eigenvalue weighted by Gasteiger charge is 2.12. The van der Waals surface area contributed by atoms with Crippen molar-refractivity contribution in [3.63, 3.8) is 0 Å². The van der Waals surface area contributed by atoms with Gasteiger partial charge in [-0.1, -0.05) is 6.07 Å². The Labute approximate surface area is 150 Å². The molecule has 0 fully saturated rings. The minimum absolute atomic E-state index is 0.105. The van der Waals surface area contributed by atoms with Gasteiger partial charge < -0.3 is 10.2 Å². The molecule has 3 rings (SSSR count). The third-order valence-electron chi connectivity index (χ3n) is 4.03. The second kappa shape index (κ2) is 7.45. The van der Waals surface area contributed by atoms with E-state index >= 15 is 0 Å². The number of phenols is 1. The number of rotatable bonds is 5. The van der Waals surface area contributed by atoms with Gasteiger partial charge in [-0.25, -0.2) is 9.36 Å². The summed E-state index contributed by atoms with van der Waals surface area (Å²) < 4.78 is 3.75. The van der Waals surface area contributed by atoms with Crippen LogP contribution in [0.5, 0.6) is 5.75 Å². The summed E-state index contributed by atoms with van der Waals surface area (Å²) >= 11 is 0. The molecule has 1 aromatic carbocycles. The lowest BCUT2D eigenvalue weighted by Gasteiger charge is -2.03. The van der Waals surface area contributed by atoms with E-state index in [-0.39, 0.29) is 11.3 Å². The smallest absolute Gasteiger partial charge is 0.339 e. The van der Waals surface area contributed by atoms with Crippen LogP contribution in [0.25, 0.3) is 11.1 Å². The number of carboxylic acids is 1. The number of hydrogen-bond donors (Lipinski definition) is 2. The Balaban J connectivity index is 1.74. The van der Waals surface area contributed by atoms with Crippen molar-refractivity contribution >= 4 is 5.97 Å². The molecule has 0 aliphatic rings. The third kappa shape index (κ3) is 3.84. The minimum Gasteiger partial charge on any atom is -0.507 e. The summed E-state index contributed by atoms with van der Waals surface area (Å²) in [7, 11) is 0. The number of pyridine rings is 2. The Morgan fingerprint density at radius 1 is 0.962 bits per heavy atom. The van der Waals surface area contributed by atoms with E-state index in [4.69, 9.17) is 10.4 Å². The summed E-state index contributed by atoms with van der Waals surface area (Å²) in [5.41, 5.74) is 2.80. The molecule has 0 amide bonds. The van der Waals surface area contributed by atoms with Crippen molar-refractivity contribution in [2.24, 2.45) is 0 Å². The standard InChI is InChI=1S/C20H15N3O3/c21-7-12-22-8-3-16(4-9-22)17-5-10-23(11-6-17)14-15-1-2-18(20(25)26)19(24)13-15/h1-6,8-11,13H,12,14H2/p+2. The molecular formula is C20H17N3O3+2. The lowest BCUT2D eigenvalue weighted by atomic mass is 10.1. The molecular weight excluding hydrogens is 330 g/mol. The molecule has 2 aromatic heterocycles. The average Bonchev–Trinajstić information content (AvgIpc) is 2.63. The Hall–Kier alpha value is -3.72. The van der Waals surface area contributed by atoms with Crippen LogP contribution in [0, 0.1) is 11.3 Å². The van der Waals surface area contributed by atoms with E-state index in [9.17, 15) is 9.90 Å². The number of aromatic nitrogens is 2. The van der Waals surface area contributed by atoms with Crippen molar-refractivity contribution in [1.82, 2.24) is 0 Å². The van der Waals surface area contributed by atoms with Crippen LogP contribution >= 0.6 is 0 Å². The lowest BCUT2D eigenvalue weighted by Crippen LogP contribution is -2.33. The number of aromatic carboxylic acids is 1. The molecule has 0 saturated heterocycles. The van der Waals surface area contributed by atoms with Crippen molar-refractivity contribution in [3.8, 4) is 22.9 Å². The summed E-state index contributed by atoms with van der Waals surface area (Å²) in [4.78, 5) is 10.9. The van der Waals surface area contributed by atoms with Crippen molar-refractivity contribution in [2.45, 2.75) is 13.1 Å². The first-order valence-corrected chi connectivity index (χ1v) is 7.97. The Bertz CT molecular complexity index is 975. The van der Waals surface area contributed by atoms with Crippen molar-refractivity contribution in [1.29, 1.82) is 5.26 Å². The second-order valence-corrected chi connectivity index (χ2v) is 5.83. The van der Waals surface area contributed by atoms with Gasteiger partial charge in [0.05, 0.1) is 0 Å². The van der Waals surface area contributed by atoms with Crippen molar-refractivity contribution in [3.05, 3.63) is 78.4 Å². The Morgan fingerprint density at radius 2 is 1.54 bits per heavy atom. The summed E-state index contributed by atoms with van der Waals surface area (Å²) in [5, 5.41) is 27.4. The maximum absolute atomic E-state index is 10.9. The lowest BCUT2D eigenvalue weighted by molar-refractivity contribution is -0.688. The van der Waals surface area contributed by atoms with Crippen LogP contribution in [0.2, 0.25) is 0 Å². The number of nitrogens with zero attached hydrogens (tertiary/aromatic N) is 3. The van der Waals surface area contributed by atoms with Crippen LogP contribution < -0.4 is 9.13 Å². The van der Waals surface area contributed by atoms with E-state index in [0.29, 0.717) is 13.1 Å². The van der Waals surface area contributed by atoms with Gasteiger partial charge in [-0.15, -0.1) is 0 Å². The number of carbonyl (C=O) groups is 1. The number of aromatic hydroxyl groups is 1. The maximum Gasteiger partial charge on any atom is 0.339 e. The van der Waals surface area contributed by atoms with E-state index in [0.717, 1.165) is 16.7 Å². The molecule has 3 aromatic rings. The van der Waals surface area contributed by atoms with Crippen LogP contribution in [0.1, 0.15) is 15.9 Å². The van der Waals surface area contributed by atoms with Crippen LogP contribution in [0.4, 0.5) is 0 Å². The zero-order valence-corrected chi connectivity index (χ0v) is 13.9. The number of hydrogen-bond acceptors (Lipinski definition) is 3. The summed E-state index contributed by atoms with van der Waals surface area (Å²) in [6.45, 7) is 0.841. The molecule has 6 heteroatoms. The van der Waals surface area contributed by atoms with Gasteiger partial charge in [0.2, 0.25) is 6.54 Å². The molecule has 0 aliphatic carbocycles. The fraction of sp³-hybridized carbons (Fsp3) is 0.100. The zero-order chi connectivity index (χ0) is 18.5. The normalized spacial score (nSPS) is 10.3. The third-order valence-corrected chi connectivity index (χ3v) is 4.03. The molecule has 128 valence electrons.